The van der Waals surface area contributed by atoms with E-state index in [1.54, 1.807) is 6.39 Å². The number of allylic oxidation sites excluding steroid dienone is 3. The Morgan fingerprint density at radius 3 is 2.34 bits per heavy atom. The fraction of sp³-hybridized carbons (Fsp3) is 0.667. The molecule has 0 unspecified atom stereocenters. The van der Waals surface area contributed by atoms with Gasteiger partial charge in [-0.05, 0) is 139 Å². The summed E-state index contributed by atoms with van der Waals surface area (Å²) in [6.07, 6.45) is 15.1. The van der Waals surface area contributed by atoms with E-state index >= 15 is 0 Å². The van der Waals surface area contributed by atoms with E-state index in [2.05, 4.69) is 76.5 Å². The molecule has 4 saturated carbocycles. The van der Waals surface area contributed by atoms with E-state index in [1.807, 2.05) is 12.1 Å². The van der Waals surface area contributed by atoms with Gasteiger partial charge in [0.2, 0.25) is 12.3 Å². The highest BCUT2D eigenvalue weighted by Gasteiger charge is 2.71. The predicted molar refractivity (Wildman–Crippen MR) is 174 cm³/mol. The molecule has 0 radical (unpaired) electrons. The Kier molecular flexibility index (Phi) is 6.75. The van der Waals surface area contributed by atoms with E-state index in [4.69, 9.17) is 9.15 Å². The molecule has 0 saturated heterocycles. The average Bonchev–Trinajstić information content (AvgIpc) is 3.67. The van der Waals surface area contributed by atoms with Crippen molar-refractivity contribution in [3.05, 3.63) is 65.9 Å². The zero-order valence-corrected chi connectivity index (χ0v) is 28.0. The van der Waals surface area contributed by atoms with Crippen LogP contribution in [0.3, 0.4) is 0 Å². The van der Waals surface area contributed by atoms with E-state index in [1.165, 1.54) is 62.3 Å². The van der Waals surface area contributed by atoms with Crippen molar-refractivity contribution in [2.24, 2.45) is 51.2 Å². The Labute approximate surface area is 264 Å². The average molecular weight is 597 g/mol. The summed E-state index contributed by atoms with van der Waals surface area (Å²) in [5.41, 5.74) is 5.50. The van der Waals surface area contributed by atoms with Gasteiger partial charge >= 0.3 is 5.97 Å². The number of carbonyl (C=O) groups is 1. The van der Waals surface area contributed by atoms with Crippen molar-refractivity contribution in [3.63, 3.8) is 0 Å². The molecule has 0 aliphatic heterocycles. The minimum Gasteiger partial charge on any atom is -0.465 e. The minimum atomic E-state index is -0.277. The summed E-state index contributed by atoms with van der Waals surface area (Å²) in [5.74, 6) is 3.62. The Morgan fingerprint density at radius 1 is 0.932 bits per heavy atom. The second kappa shape index (κ2) is 9.90. The first-order chi connectivity index (χ1) is 20.8. The number of carbonyl (C=O) groups excluding carboxylic acids is 1. The summed E-state index contributed by atoms with van der Waals surface area (Å²) in [6, 6.07) is 8.09. The van der Waals surface area contributed by atoms with Crippen molar-refractivity contribution >= 4 is 11.5 Å². The molecular formula is C39H52N2O3. The molecule has 5 nitrogen and oxygen atoms in total. The molecule has 5 aliphatic rings. The molecule has 9 atom stereocenters. The van der Waals surface area contributed by atoms with Crippen molar-refractivity contribution in [1.82, 2.24) is 10.2 Å². The minimum absolute atomic E-state index is 0.00246. The molecule has 5 heteroatoms. The van der Waals surface area contributed by atoms with Crippen molar-refractivity contribution < 1.29 is 13.9 Å². The molecule has 44 heavy (non-hydrogen) atoms. The number of benzene rings is 1. The quantitative estimate of drug-likeness (QED) is 0.260. The molecule has 0 N–H and O–H groups in total. The molecule has 0 spiro atoms. The van der Waals surface area contributed by atoms with Crippen LogP contribution in [0.1, 0.15) is 121 Å². The molecule has 1 aromatic carbocycles. The second-order valence-electron chi connectivity index (χ2n) is 16.7. The van der Waals surface area contributed by atoms with Gasteiger partial charge in [0.1, 0.15) is 0 Å². The smallest absolute Gasteiger partial charge is 0.337 e. The summed E-state index contributed by atoms with van der Waals surface area (Å²) >= 11 is 0. The van der Waals surface area contributed by atoms with Crippen LogP contribution in [0.2, 0.25) is 0 Å². The topological polar surface area (TPSA) is 65.2 Å². The van der Waals surface area contributed by atoms with Crippen LogP contribution in [0.5, 0.6) is 0 Å². The van der Waals surface area contributed by atoms with Crippen molar-refractivity contribution in [2.45, 2.75) is 105 Å². The Hall–Kier alpha value is -2.69. The molecule has 1 heterocycles. The van der Waals surface area contributed by atoms with Crippen LogP contribution >= 0.6 is 0 Å². The molecular weight excluding hydrogens is 544 g/mol. The summed E-state index contributed by atoms with van der Waals surface area (Å²) < 4.78 is 11.0. The molecule has 7 rings (SSSR count). The van der Waals surface area contributed by atoms with E-state index in [-0.39, 0.29) is 33.0 Å². The van der Waals surface area contributed by atoms with Gasteiger partial charge in [-0.1, -0.05) is 65.0 Å². The number of hydrogen-bond donors (Lipinski definition) is 0. The lowest BCUT2D eigenvalue weighted by Crippen LogP contribution is -2.65. The van der Waals surface area contributed by atoms with Gasteiger partial charge in [-0.2, -0.15) is 0 Å². The van der Waals surface area contributed by atoms with Gasteiger partial charge in [-0.3, -0.25) is 0 Å². The standard InChI is InChI=1S/C39H52N2O3/c1-24(2)27-15-20-39(34-41-40-23-44-34)22-21-37(6)29(32(27)39)13-14-31-36(5)18-16-28(25-9-11-26(12-10-25)33(42)43-8)35(3,4)30(36)17-19-38(31,37)7/h9-12,16,23,27,29-32H,1,13-15,17-22H2,2-8H3/t27-,29+,30-,31+,32+,36-,37+,38+,39-/m0/s1. The monoisotopic (exact) mass is 596 g/mol. The van der Waals surface area contributed by atoms with Crippen LogP contribution in [0, 0.1) is 51.2 Å². The predicted octanol–water partition coefficient (Wildman–Crippen LogP) is 9.46. The van der Waals surface area contributed by atoms with E-state index < -0.39 is 0 Å². The van der Waals surface area contributed by atoms with E-state index in [9.17, 15) is 4.79 Å². The number of nitrogens with zero attached hydrogens (tertiary/aromatic N) is 2. The lowest BCUT2D eigenvalue weighted by molar-refractivity contribution is -0.219. The van der Waals surface area contributed by atoms with Gasteiger partial charge < -0.3 is 9.15 Å². The van der Waals surface area contributed by atoms with Crippen molar-refractivity contribution in [3.8, 4) is 0 Å². The van der Waals surface area contributed by atoms with Crippen LogP contribution in [0.4, 0.5) is 0 Å². The normalized spacial score (nSPS) is 42.2. The molecule has 2 aromatic rings. The number of methoxy groups -OCH3 is 1. The lowest BCUT2D eigenvalue weighted by atomic mass is 9.32. The van der Waals surface area contributed by atoms with Crippen LogP contribution in [0.25, 0.3) is 5.57 Å². The van der Waals surface area contributed by atoms with Crippen LogP contribution < -0.4 is 0 Å². The maximum absolute atomic E-state index is 12.1. The molecule has 1 aromatic heterocycles. The summed E-state index contributed by atoms with van der Waals surface area (Å²) in [4.78, 5) is 12.1. The van der Waals surface area contributed by atoms with Gasteiger partial charge in [0.05, 0.1) is 18.1 Å². The fourth-order valence-electron chi connectivity index (χ4n) is 12.9. The Morgan fingerprint density at radius 2 is 1.68 bits per heavy atom. The van der Waals surface area contributed by atoms with Crippen LogP contribution in [0.15, 0.2) is 53.3 Å². The fourth-order valence-corrected chi connectivity index (χ4v) is 12.9. The molecule has 0 amide bonds. The van der Waals surface area contributed by atoms with Crippen molar-refractivity contribution in [2.75, 3.05) is 7.11 Å². The SMILES string of the molecule is C=C(C)[C@@H]1CC[C@]2(c3nnco3)CC[C@]3(C)[C@H](CC[C@@H]4[C@@]5(C)CC=C(c6ccc(C(=O)OC)cc6)C(C)(C)[C@@H]5CC[C@]43C)[C@@H]12. The number of hydrogen-bond acceptors (Lipinski definition) is 5. The maximum atomic E-state index is 12.1. The third-order valence-electron chi connectivity index (χ3n) is 15.0. The zero-order chi connectivity index (χ0) is 31.3. The third-order valence-corrected chi connectivity index (χ3v) is 15.0. The highest BCUT2D eigenvalue weighted by atomic mass is 16.5. The van der Waals surface area contributed by atoms with Crippen LogP contribution in [-0.4, -0.2) is 23.3 Å². The van der Waals surface area contributed by atoms with Crippen molar-refractivity contribution in [1.29, 1.82) is 0 Å². The molecule has 5 aliphatic carbocycles. The van der Waals surface area contributed by atoms with E-state index in [0.29, 0.717) is 35.2 Å². The first kappa shape index (κ1) is 30.0. The zero-order valence-electron chi connectivity index (χ0n) is 28.0. The summed E-state index contributed by atoms with van der Waals surface area (Å²) in [5, 5.41) is 8.75. The number of esters is 1. The van der Waals surface area contributed by atoms with Gasteiger partial charge in [0.25, 0.3) is 0 Å². The van der Waals surface area contributed by atoms with Gasteiger partial charge in [-0.25, -0.2) is 4.79 Å². The first-order valence-corrected chi connectivity index (χ1v) is 17.1. The lowest BCUT2D eigenvalue weighted by Gasteiger charge is -2.72. The second-order valence-corrected chi connectivity index (χ2v) is 16.7. The summed E-state index contributed by atoms with van der Waals surface area (Å²) in [6.45, 7) is 19.8. The van der Waals surface area contributed by atoms with Gasteiger partial charge in [0, 0.05) is 0 Å². The first-order valence-electron chi connectivity index (χ1n) is 17.1. The number of ether oxygens (including phenoxy) is 1. The maximum Gasteiger partial charge on any atom is 0.337 e. The summed E-state index contributed by atoms with van der Waals surface area (Å²) in [7, 11) is 1.44. The third kappa shape index (κ3) is 3.79. The Bertz CT molecular complexity index is 1490. The van der Waals surface area contributed by atoms with Gasteiger partial charge in [0.15, 0.2) is 0 Å². The number of fused-ring (bicyclic) bond motifs is 7. The Balaban J connectivity index is 1.24. The highest BCUT2D eigenvalue weighted by molar-refractivity contribution is 5.89. The molecule has 236 valence electrons. The number of aromatic nitrogens is 2. The highest BCUT2D eigenvalue weighted by Crippen LogP contribution is 2.77. The van der Waals surface area contributed by atoms with Gasteiger partial charge in [-0.15, -0.1) is 10.2 Å². The largest absolute Gasteiger partial charge is 0.465 e. The number of rotatable bonds is 4. The van der Waals surface area contributed by atoms with Crippen LogP contribution in [-0.2, 0) is 10.2 Å². The van der Waals surface area contributed by atoms with E-state index in [0.717, 1.165) is 25.2 Å². The molecule has 0 bridgehead atoms. The molecule has 4 fully saturated rings.